The van der Waals surface area contributed by atoms with E-state index in [2.05, 4.69) is 0 Å². The molecule has 2 aliphatic rings. The molecule has 1 atom stereocenters. The average Bonchev–Trinajstić information content (AvgIpc) is 2.74. The number of ether oxygens (including phenoxy) is 3. The molecule has 2 saturated heterocycles. The van der Waals surface area contributed by atoms with Crippen molar-refractivity contribution in [2.45, 2.75) is 76.6 Å². The molecule has 194 valence electrons. The minimum absolute atomic E-state index is 0.225. The van der Waals surface area contributed by atoms with Crippen LogP contribution in [0.2, 0.25) is 0 Å². The first-order valence-electron chi connectivity index (χ1n) is 11.9. The minimum Gasteiger partial charge on any atom is -0.459 e. The van der Waals surface area contributed by atoms with Crippen LogP contribution < -0.4 is 0 Å². The van der Waals surface area contributed by atoms with Gasteiger partial charge in [-0.3, -0.25) is 19.2 Å². The van der Waals surface area contributed by atoms with Crippen LogP contribution in [0.3, 0.4) is 0 Å². The lowest BCUT2D eigenvalue weighted by molar-refractivity contribution is -0.179. The monoisotopic (exact) mass is 517 g/mol. The first-order valence-corrected chi connectivity index (χ1v) is 14.0. The normalized spacial score (nSPS) is 19.0. The van der Waals surface area contributed by atoms with Crippen molar-refractivity contribution in [3.8, 4) is 0 Å². The number of morpholine rings is 1. The molecule has 0 bridgehead atoms. The lowest BCUT2D eigenvalue weighted by atomic mass is 9.84. The van der Waals surface area contributed by atoms with Crippen molar-refractivity contribution in [2.24, 2.45) is 11.8 Å². The second kappa shape index (κ2) is 12.6. The Labute approximate surface area is 211 Å². The van der Waals surface area contributed by atoms with Crippen LogP contribution in [-0.2, 0) is 33.4 Å². The Morgan fingerprint density at radius 1 is 0.912 bits per heavy atom. The summed E-state index contributed by atoms with van der Waals surface area (Å²) in [6.07, 6.45) is 1.95. The first kappa shape index (κ1) is 29.0. The topological polar surface area (TPSA) is 99.2 Å². The number of carbonyl (C=O) groups is 4. The van der Waals surface area contributed by atoms with Gasteiger partial charge in [-0.2, -0.15) is 0 Å². The van der Waals surface area contributed by atoms with Crippen LogP contribution in [0.15, 0.2) is 0 Å². The van der Waals surface area contributed by atoms with E-state index in [0.717, 1.165) is 17.9 Å². The standard InChI is InChI=1S/C24H39NO7S2/c1-23(2,3)31-21(28)18(22(29)32-24(4,5)6)16(8-9-17-33-14-7-15-34-17)19(26)20(27)25-10-12-30-13-11-25/h16-18H,7-15H2,1-6H3/t16-/m1/s1. The summed E-state index contributed by atoms with van der Waals surface area (Å²) < 4.78 is 16.6. The lowest BCUT2D eigenvalue weighted by Gasteiger charge is -2.32. The van der Waals surface area contributed by atoms with Gasteiger partial charge < -0.3 is 19.1 Å². The van der Waals surface area contributed by atoms with Crippen LogP contribution in [0, 0.1) is 11.8 Å². The molecule has 10 heteroatoms. The van der Waals surface area contributed by atoms with Crippen molar-refractivity contribution in [1.82, 2.24) is 4.90 Å². The van der Waals surface area contributed by atoms with Crippen LogP contribution in [0.25, 0.3) is 0 Å². The Balaban J connectivity index is 2.35. The van der Waals surface area contributed by atoms with Crippen LogP contribution in [0.5, 0.6) is 0 Å². The number of nitrogens with zero attached hydrogens (tertiary/aromatic N) is 1. The Kier molecular flexibility index (Phi) is 10.8. The van der Waals surface area contributed by atoms with Crippen LogP contribution >= 0.6 is 23.5 Å². The summed E-state index contributed by atoms with van der Waals surface area (Å²) in [5.41, 5.74) is -1.73. The number of hydrogen-bond acceptors (Lipinski definition) is 9. The third-order valence-corrected chi connectivity index (χ3v) is 8.26. The van der Waals surface area contributed by atoms with Crippen molar-refractivity contribution < 1.29 is 33.4 Å². The van der Waals surface area contributed by atoms with Crippen LogP contribution in [0.1, 0.15) is 60.8 Å². The van der Waals surface area contributed by atoms with E-state index in [-0.39, 0.29) is 11.0 Å². The fourth-order valence-corrected chi connectivity index (χ4v) is 6.60. The maximum absolute atomic E-state index is 13.5. The summed E-state index contributed by atoms with van der Waals surface area (Å²) in [5.74, 6) is -3.69. The van der Waals surface area contributed by atoms with Crippen molar-refractivity contribution in [3.63, 3.8) is 0 Å². The van der Waals surface area contributed by atoms with Crippen molar-refractivity contribution in [2.75, 3.05) is 37.8 Å². The molecule has 0 aliphatic carbocycles. The molecule has 0 aromatic carbocycles. The molecule has 2 aliphatic heterocycles. The van der Waals surface area contributed by atoms with Gasteiger partial charge in [0, 0.05) is 13.1 Å². The zero-order valence-electron chi connectivity index (χ0n) is 21.2. The van der Waals surface area contributed by atoms with E-state index in [9.17, 15) is 19.2 Å². The van der Waals surface area contributed by atoms with Gasteiger partial charge in [0.1, 0.15) is 11.2 Å². The third-order valence-electron chi connectivity index (χ3n) is 5.18. The fourth-order valence-electron chi connectivity index (χ4n) is 3.70. The minimum atomic E-state index is -1.51. The summed E-state index contributed by atoms with van der Waals surface area (Å²) in [4.78, 5) is 54.6. The largest absolute Gasteiger partial charge is 0.459 e. The van der Waals surface area contributed by atoms with Gasteiger partial charge in [0.2, 0.25) is 5.78 Å². The van der Waals surface area contributed by atoms with Gasteiger partial charge >= 0.3 is 11.9 Å². The number of thioether (sulfide) groups is 2. The maximum Gasteiger partial charge on any atom is 0.321 e. The summed E-state index contributed by atoms with van der Waals surface area (Å²) in [6, 6.07) is 0. The number of ketones is 1. The van der Waals surface area contributed by atoms with E-state index in [0.29, 0.717) is 32.7 Å². The average molecular weight is 518 g/mol. The van der Waals surface area contributed by atoms with E-state index in [1.807, 2.05) is 23.5 Å². The Morgan fingerprint density at radius 3 is 1.88 bits per heavy atom. The smallest absolute Gasteiger partial charge is 0.321 e. The molecule has 1 amide bonds. The van der Waals surface area contributed by atoms with Crippen LogP contribution in [0.4, 0.5) is 0 Å². The lowest BCUT2D eigenvalue weighted by Crippen LogP contribution is -2.50. The molecule has 0 radical (unpaired) electrons. The molecule has 0 aromatic heterocycles. The molecule has 2 fully saturated rings. The van der Waals surface area contributed by atoms with Crippen molar-refractivity contribution in [3.05, 3.63) is 0 Å². The number of carbonyl (C=O) groups excluding carboxylic acids is 4. The van der Waals surface area contributed by atoms with E-state index >= 15 is 0 Å². The third kappa shape index (κ3) is 9.41. The second-order valence-electron chi connectivity index (χ2n) is 10.5. The molecular formula is C24H39NO7S2. The Morgan fingerprint density at radius 2 is 1.41 bits per heavy atom. The van der Waals surface area contributed by atoms with E-state index in [1.54, 1.807) is 41.5 Å². The zero-order valence-corrected chi connectivity index (χ0v) is 22.9. The summed E-state index contributed by atoms with van der Waals surface area (Å²) in [7, 11) is 0. The van der Waals surface area contributed by atoms with E-state index in [4.69, 9.17) is 14.2 Å². The maximum atomic E-state index is 13.5. The SMILES string of the molecule is CC(C)(C)OC(=O)C(C(=O)OC(C)(C)C)[C@@H](CCC1SCCCS1)C(=O)C(=O)N1CCOCC1. The molecule has 0 N–H and O–H groups in total. The molecule has 0 aromatic rings. The number of rotatable bonds is 8. The summed E-state index contributed by atoms with van der Waals surface area (Å²) in [5, 5.41) is 0. The van der Waals surface area contributed by atoms with Gasteiger partial charge in [-0.1, -0.05) is 0 Å². The quantitative estimate of drug-likeness (QED) is 0.273. The Bertz CT molecular complexity index is 705. The molecule has 2 heterocycles. The van der Waals surface area contributed by atoms with E-state index < -0.39 is 46.7 Å². The molecule has 0 unspecified atom stereocenters. The summed E-state index contributed by atoms with van der Waals surface area (Å²) >= 11 is 3.62. The van der Waals surface area contributed by atoms with Crippen LogP contribution in [-0.4, -0.2) is 82.1 Å². The van der Waals surface area contributed by atoms with E-state index in [1.165, 1.54) is 4.90 Å². The zero-order chi connectivity index (χ0) is 25.5. The van der Waals surface area contributed by atoms with Gasteiger partial charge in [0.15, 0.2) is 5.92 Å². The van der Waals surface area contributed by atoms with Gasteiger partial charge in [-0.05, 0) is 72.3 Å². The predicted octanol–water partition coefficient (Wildman–Crippen LogP) is 3.31. The molecule has 0 saturated carbocycles. The van der Waals surface area contributed by atoms with Gasteiger partial charge in [0.05, 0.1) is 23.7 Å². The fraction of sp³-hybridized carbons (Fsp3) is 0.833. The van der Waals surface area contributed by atoms with Crippen molar-refractivity contribution in [1.29, 1.82) is 0 Å². The molecular weight excluding hydrogens is 478 g/mol. The number of amides is 1. The Hall–Kier alpha value is -1.26. The number of Topliss-reactive ketones (excluding diaryl/α,β-unsaturated/α-hetero) is 1. The predicted molar refractivity (Wildman–Crippen MR) is 134 cm³/mol. The van der Waals surface area contributed by atoms with Gasteiger partial charge in [0.25, 0.3) is 5.91 Å². The summed E-state index contributed by atoms with van der Waals surface area (Å²) in [6.45, 7) is 11.5. The molecule has 2 rings (SSSR count). The van der Waals surface area contributed by atoms with Gasteiger partial charge in [-0.25, -0.2) is 0 Å². The highest BCUT2D eigenvalue weighted by Gasteiger charge is 2.46. The second-order valence-corrected chi connectivity index (χ2v) is 13.4. The highest BCUT2D eigenvalue weighted by Crippen LogP contribution is 2.36. The molecule has 8 nitrogen and oxygen atoms in total. The molecule has 34 heavy (non-hydrogen) atoms. The molecule has 0 spiro atoms. The first-order chi connectivity index (χ1) is 15.8. The highest BCUT2D eigenvalue weighted by molar-refractivity contribution is 8.17. The number of hydrogen-bond donors (Lipinski definition) is 0. The van der Waals surface area contributed by atoms with Crippen molar-refractivity contribution >= 4 is 47.2 Å². The number of esters is 2. The van der Waals surface area contributed by atoms with Gasteiger partial charge in [-0.15, -0.1) is 23.5 Å². The highest BCUT2D eigenvalue weighted by atomic mass is 32.2.